The summed E-state index contributed by atoms with van der Waals surface area (Å²) in [5.41, 5.74) is 0.158. The van der Waals surface area contributed by atoms with Crippen molar-refractivity contribution >= 4 is 12.4 Å². The molecule has 0 aliphatic heterocycles. The van der Waals surface area contributed by atoms with Gasteiger partial charge in [-0.2, -0.15) is 5.26 Å². The van der Waals surface area contributed by atoms with Crippen molar-refractivity contribution in [2.45, 2.75) is 18.9 Å². The Hall–Kier alpha value is -2.35. The third kappa shape index (κ3) is 3.05. The van der Waals surface area contributed by atoms with Crippen molar-refractivity contribution in [3.8, 4) is 6.07 Å². The van der Waals surface area contributed by atoms with Gasteiger partial charge in [0, 0.05) is 6.42 Å². The monoisotopic (exact) mass is 232 g/mol. The average Bonchev–Trinajstić information content (AvgIpc) is 2.28. The topological polar surface area (TPSA) is 90.2 Å². The van der Waals surface area contributed by atoms with Gasteiger partial charge < -0.3 is 15.2 Å². The van der Waals surface area contributed by atoms with E-state index >= 15 is 0 Å². The molecule has 5 heteroatoms. The molecule has 0 bridgehead atoms. The van der Waals surface area contributed by atoms with E-state index in [1.807, 2.05) is 6.07 Å². The molecule has 0 aliphatic rings. The number of nitriles is 1. The van der Waals surface area contributed by atoms with Gasteiger partial charge in [-0.05, 0) is 24.6 Å². The Balaban J connectivity index is 3.08. The molecule has 5 nitrogen and oxygen atoms in total. The van der Waals surface area contributed by atoms with Crippen molar-refractivity contribution in [1.82, 2.24) is 5.32 Å². The van der Waals surface area contributed by atoms with Gasteiger partial charge in [-0.15, -0.1) is 0 Å². The van der Waals surface area contributed by atoms with Gasteiger partial charge in [0.2, 0.25) is 0 Å². The maximum absolute atomic E-state index is 10.7. The first-order valence-electron chi connectivity index (χ1n) is 4.97. The van der Waals surface area contributed by atoms with E-state index < -0.39 is 11.6 Å². The molecule has 0 saturated heterocycles. The number of hydrogen-bond acceptors (Lipinski definition) is 3. The summed E-state index contributed by atoms with van der Waals surface area (Å²) in [7, 11) is 0. The summed E-state index contributed by atoms with van der Waals surface area (Å²) < 4.78 is 0. The lowest BCUT2D eigenvalue weighted by Gasteiger charge is -2.28. The number of benzene rings is 1. The second-order valence-corrected chi connectivity index (χ2v) is 3.82. The zero-order valence-electron chi connectivity index (χ0n) is 9.30. The van der Waals surface area contributed by atoms with E-state index in [2.05, 4.69) is 5.32 Å². The van der Waals surface area contributed by atoms with Crippen molar-refractivity contribution in [3.63, 3.8) is 0 Å². The molecular weight excluding hydrogens is 220 g/mol. The van der Waals surface area contributed by atoms with Crippen molar-refractivity contribution in [3.05, 3.63) is 35.4 Å². The highest BCUT2D eigenvalue weighted by Crippen LogP contribution is 2.24. The molecule has 0 aromatic heterocycles. The van der Waals surface area contributed by atoms with Crippen molar-refractivity contribution in [2.24, 2.45) is 0 Å². The number of rotatable bonds is 4. The van der Waals surface area contributed by atoms with Crippen LogP contribution in [0.4, 0.5) is 4.79 Å². The highest BCUT2D eigenvalue weighted by Gasteiger charge is 2.28. The van der Waals surface area contributed by atoms with Gasteiger partial charge in [0.15, 0.2) is 0 Å². The fourth-order valence-electron chi connectivity index (χ4n) is 1.56. The number of nitrogens with zero attached hydrogens (tertiary/aromatic N) is 1. The second-order valence-electron chi connectivity index (χ2n) is 3.82. The zero-order chi connectivity index (χ0) is 12.9. The standard InChI is InChI=1S/C12H12N2O3/c1-12(6-7-15,14-11(16)17)10-4-2-9(8-13)3-5-10/h2-5,7,14H,6H2,1H3,(H,16,17)/t12-/m1/s1. The van der Waals surface area contributed by atoms with Gasteiger partial charge in [0.25, 0.3) is 0 Å². The highest BCUT2D eigenvalue weighted by atomic mass is 16.4. The number of hydrogen-bond donors (Lipinski definition) is 2. The third-order valence-corrected chi connectivity index (χ3v) is 2.53. The van der Waals surface area contributed by atoms with Crippen LogP contribution in [-0.2, 0) is 10.3 Å². The van der Waals surface area contributed by atoms with E-state index in [0.29, 0.717) is 17.4 Å². The van der Waals surface area contributed by atoms with Crippen LogP contribution in [0.25, 0.3) is 0 Å². The third-order valence-electron chi connectivity index (χ3n) is 2.53. The Morgan fingerprint density at radius 2 is 2.12 bits per heavy atom. The van der Waals surface area contributed by atoms with E-state index in [4.69, 9.17) is 10.4 Å². The van der Waals surface area contributed by atoms with Gasteiger partial charge in [0.1, 0.15) is 6.29 Å². The van der Waals surface area contributed by atoms with Crippen LogP contribution in [0.3, 0.4) is 0 Å². The molecule has 1 aromatic rings. The molecule has 17 heavy (non-hydrogen) atoms. The number of nitrogens with one attached hydrogen (secondary N) is 1. The van der Waals surface area contributed by atoms with Gasteiger partial charge in [-0.25, -0.2) is 4.79 Å². The Morgan fingerprint density at radius 1 is 1.53 bits per heavy atom. The lowest BCUT2D eigenvalue weighted by atomic mass is 9.89. The molecule has 1 aromatic carbocycles. The van der Waals surface area contributed by atoms with Gasteiger partial charge in [0.05, 0.1) is 17.2 Å². The molecular formula is C12H12N2O3. The molecule has 2 N–H and O–H groups in total. The summed E-state index contributed by atoms with van der Waals surface area (Å²) in [4.78, 5) is 21.3. The van der Waals surface area contributed by atoms with Crippen molar-refractivity contribution in [2.75, 3.05) is 0 Å². The molecule has 0 unspecified atom stereocenters. The lowest BCUT2D eigenvalue weighted by molar-refractivity contribution is -0.109. The Morgan fingerprint density at radius 3 is 2.53 bits per heavy atom. The molecule has 0 heterocycles. The van der Waals surface area contributed by atoms with E-state index in [9.17, 15) is 9.59 Å². The van der Waals surface area contributed by atoms with Crippen LogP contribution in [-0.4, -0.2) is 17.5 Å². The molecule has 1 rings (SSSR count). The Kier molecular flexibility index (Phi) is 3.83. The highest BCUT2D eigenvalue weighted by molar-refractivity contribution is 5.67. The number of carbonyl (C=O) groups excluding carboxylic acids is 1. The van der Waals surface area contributed by atoms with Crippen LogP contribution in [0, 0.1) is 11.3 Å². The van der Waals surface area contributed by atoms with Gasteiger partial charge >= 0.3 is 6.09 Å². The minimum atomic E-state index is -1.20. The second kappa shape index (κ2) is 5.12. The lowest BCUT2D eigenvalue weighted by Crippen LogP contribution is -2.43. The normalized spacial score (nSPS) is 13.2. The predicted molar refractivity (Wildman–Crippen MR) is 60.4 cm³/mol. The molecule has 1 amide bonds. The van der Waals surface area contributed by atoms with E-state index in [1.165, 1.54) is 0 Å². The minimum absolute atomic E-state index is 0.0329. The predicted octanol–water partition coefficient (Wildman–Crippen LogP) is 1.63. The molecule has 0 spiro atoms. The van der Waals surface area contributed by atoms with Crippen molar-refractivity contribution < 1.29 is 14.7 Å². The van der Waals surface area contributed by atoms with Gasteiger partial charge in [-0.3, -0.25) is 0 Å². The minimum Gasteiger partial charge on any atom is -0.465 e. The summed E-state index contributed by atoms with van der Waals surface area (Å²) >= 11 is 0. The smallest absolute Gasteiger partial charge is 0.405 e. The fraction of sp³-hybridized carbons (Fsp3) is 0.250. The van der Waals surface area contributed by atoms with E-state index in [1.54, 1.807) is 31.2 Å². The van der Waals surface area contributed by atoms with Crippen LogP contribution < -0.4 is 5.32 Å². The van der Waals surface area contributed by atoms with Crippen molar-refractivity contribution in [1.29, 1.82) is 5.26 Å². The first-order valence-corrected chi connectivity index (χ1v) is 4.97. The molecule has 0 radical (unpaired) electrons. The number of amides is 1. The quantitative estimate of drug-likeness (QED) is 0.772. The summed E-state index contributed by atoms with van der Waals surface area (Å²) in [6.45, 7) is 1.62. The van der Waals surface area contributed by atoms with E-state index in [0.717, 1.165) is 0 Å². The largest absolute Gasteiger partial charge is 0.465 e. The van der Waals surface area contributed by atoms with Gasteiger partial charge in [-0.1, -0.05) is 12.1 Å². The van der Waals surface area contributed by atoms with Crippen LogP contribution >= 0.6 is 0 Å². The fourth-order valence-corrected chi connectivity index (χ4v) is 1.56. The average molecular weight is 232 g/mol. The maximum Gasteiger partial charge on any atom is 0.405 e. The first kappa shape index (κ1) is 12.7. The van der Waals surface area contributed by atoms with E-state index in [-0.39, 0.29) is 6.42 Å². The van der Waals surface area contributed by atoms with Crippen LogP contribution in [0.1, 0.15) is 24.5 Å². The van der Waals surface area contributed by atoms with Crippen LogP contribution in [0.5, 0.6) is 0 Å². The molecule has 0 saturated carbocycles. The number of aldehydes is 1. The van der Waals surface area contributed by atoms with Crippen LogP contribution in [0.15, 0.2) is 24.3 Å². The number of carbonyl (C=O) groups is 2. The van der Waals surface area contributed by atoms with Crippen LogP contribution in [0.2, 0.25) is 0 Å². The Bertz CT molecular complexity index is 462. The molecule has 1 atom stereocenters. The SMILES string of the molecule is C[C@](CC=O)(NC(=O)O)c1ccc(C#N)cc1. The number of carboxylic acid groups (broad SMARTS) is 1. The Labute approximate surface area is 98.7 Å². The first-order chi connectivity index (χ1) is 8.01. The summed E-state index contributed by atoms with van der Waals surface area (Å²) in [6, 6.07) is 8.42. The zero-order valence-corrected chi connectivity index (χ0v) is 9.30. The maximum atomic E-state index is 10.7. The summed E-state index contributed by atoms with van der Waals surface area (Å²) in [5.74, 6) is 0. The molecule has 88 valence electrons. The summed E-state index contributed by atoms with van der Waals surface area (Å²) in [6.07, 6.45) is -0.502. The molecule has 0 aliphatic carbocycles. The molecule has 0 fully saturated rings. The summed E-state index contributed by atoms with van der Waals surface area (Å²) in [5, 5.41) is 19.7.